The highest BCUT2D eigenvalue weighted by Crippen LogP contribution is 2.03. The van der Waals surface area contributed by atoms with Crippen LogP contribution >= 0.6 is 12.2 Å². The van der Waals surface area contributed by atoms with Gasteiger partial charge in [-0.15, -0.1) is 0 Å². The Balaban J connectivity index is 2.35. The fraction of sp³-hybridized carbons (Fsp3) is 0.111. The van der Waals surface area contributed by atoms with Gasteiger partial charge in [0.25, 0.3) is 0 Å². The fourth-order valence-corrected chi connectivity index (χ4v) is 1.21. The zero-order valence-electron chi connectivity index (χ0n) is 8.08. The third-order valence-corrected chi connectivity index (χ3v) is 2.05. The maximum atomic E-state index is 5.41. The number of hydrogen-bond donors (Lipinski definition) is 1. The Morgan fingerprint density at radius 1 is 1.33 bits per heavy atom. The van der Waals surface area contributed by atoms with Gasteiger partial charge in [-0.1, -0.05) is 12.2 Å². The Bertz CT molecular complexity index is 487. The van der Waals surface area contributed by atoms with Crippen LogP contribution in [0.3, 0.4) is 0 Å². The Morgan fingerprint density at radius 2 is 2.13 bits per heavy atom. The maximum absolute atomic E-state index is 5.41. The topological polar surface area (TPSA) is 69.6 Å². The van der Waals surface area contributed by atoms with Crippen LogP contribution in [0.1, 0.15) is 11.3 Å². The fourth-order valence-electron chi connectivity index (χ4n) is 1.10. The quantitative estimate of drug-likeness (QED) is 0.749. The summed E-state index contributed by atoms with van der Waals surface area (Å²) in [5.74, 6) is 0.642. The van der Waals surface area contributed by atoms with Crippen LogP contribution < -0.4 is 5.73 Å². The summed E-state index contributed by atoms with van der Waals surface area (Å²) in [6.45, 7) is 1.96. The van der Waals surface area contributed by atoms with Crippen molar-refractivity contribution in [3.63, 3.8) is 0 Å². The first-order chi connectivity index (χ1) is 7.16. The molecule has 0 aromatic carbocycles. The zero-order valence-corrected chi connectivity index (χ0v) is 8.90. The maximum Gasteiger partial charge on any atom is 0.171 e. The molecule has 0 bridgehead atoms. The van der Waals surface area contributed by atoms with Crippen molar-refractivity contribution in [3.8, 4) is 5.82 Å². The van der Waals surface area contributed by atoms with Crippen LogP contribution in [0.15, 0.2) is 24.8 Å². The molecule has 0 fully saturated rings. The summed E-state index contributed by atoms with van der Waals surface area (Å²) < 4.78 is 1.64. The van der Waals surface area contributed by atoms with Crippen LogP contribution in [0, 0.1) is 6.92 Å². The van der Waals surface area contributed by atoms with E-state index in [-0.39, 0.29) is 4.99 Å². The van der Waals surface area contributed by atoms with Gasteiger partial charge in [-0.25, -0.2) is 14.6 Å². The van der Waals surface area contributed by atoms with Crippen LogP contribution in [-0.2, 0) is 0 Å². The Kier molecular flexibility index (Phi) is 2.42. The molecule has 0 saturated heterocycles. The molecule has 6 heteroatoms. The van der Waals surface area contributed by atoms with Crippen molar-refractivity contribution in [2.24, 2.45) is 5.73 Å². The molecule has 2 rings (SSSR count). The van der Waals surface area contributed by atoms with E-state index in [1.54, 1.807) is 17.1 Å². The molecule has 76 valence electrons. The van der Waals surface area contributed by atoms with Crippen LogP contribution in [0.25, 0.3) is 5.82 Å². The second-order valence-electron chi connectivity index (χ2n) is 3.09. The highest BCUT2D eigenvalue weighted by Gasteiger charge is 2.02. The molecule has 0 aliphatic rings. The molecule has 2 heterocycles. The standard InChI is InChI=1S/C9H9N5S/c1-6-2-13-14(5-6)8-4-11-7(3-12-8)9(10)15/h2-5H,1H3,(H2,10,15). The molecular weight excluding hydrogens is 210 g/mol. The van der Waals surface area contributed by atoms with Gasteiger partial charge >= 0.3 is 0 Å². The monoisotopic (exact) mass is 219 g/mol. The summed E-state index contributed by atoms with van der Waals surface area (Å²) in [5, 5.41) is 4.11. The summed E-state index contributed by atoms with van der Waals surface area (Å²) >= 11 is 4.78. The summed E-state index contributed by atoms with van der Waals surface area (Å²) in [5.41, 5.74) is 6.99. The zero-order chi connectivity index (χ0) is 10.8. The molecule has 2 N–H and O–H groups in total. The molecule has 5 nitrogen and oxygen atoms in total. The molecule has 0 aliphatic heterocycles. The van der Waals surface area contributed by atoms with Gasteiger partial charge in [-0.2, -0.15) is 5.10 Å². The van der Waals surface area contributed by atoms with E-state index in [2.05, 4.69) is 15.1 Å². The molecule has 0 saturated carbocycles. The minimum absolute atomic E-state index is 0.241. The minimum Gasteiger partial charge on any atom is -0.388 e. The molecule has 0 spiro atoms. The third kappa shape index (κ3) is 1.99. The molecule has 0 atom stereocenters. The average molecular weight is 219 g/mol. The van der Waals surface area contributed by atoms with Crippen molar-refractivity contribution in [1.82, 2.24) is 19.7 Å². The number of rotatable bonds is 2. The second kappa shape index (κ2) is 3.74. The lowest BCUT2D eigenvalue weighted by Gasteiger charge is -2.00. The first-order valence-electron chi connectivity index (χ1n) is 4.30. The minimum atomic E-state index is 0.241. The normalized spacial score (nSPS) is 10.2. The van der Waals surface area contributed by atoms with Gasteiger partial charge in [0.15, 0.2) is 5.82 Å². The van der Waals surface area contributed by atoms with E-state index in [4.69, 9.17) is 18.0 Å². The summed E-state index contributed by atoms with van der Waals surface area (Å²) in [7, 11) is 0. The summed E-state index contributed by atoms with van der Waals surface area (Å²) in [6.07, 6.45) is 6.74. The van der Waals surface area contributed by atoms with Gasteiger partial charge in [0.2, 0.25) is 0 Å². The smallest absolute Gasteiger partial charge is 0.171 e. The Hall–Kier alpha value is -1.82. The number of nitrogens with two attached hydrogens (primary N) is 1. The first kappa shape index (κ1) is 9.72. The summed E-state index contributed by atoms with van der Waals surface area (Å²) in [4.78, 5) is 8.47. The van der Waals surface area contributed by atoms with Gasteiger partial charge in [0, 0.05) is 6.20 Å². The van der Waals surface area contributed by atoms with Crippen LogP contribution in [0.2, 0.25) is 0 Å². The van der Waals surface area contributed by atoms with Crippen LogP contribution in [0.5, 0.6) is 0 Å². The van der Waals surface area contributed by atoms with Gasteiger partial charge in [0.05, 0.1) is 18.6 Å². The highest BCUT2D eigenvalue weighted by molar-refractivity contribution is 7.80. The Labute approximate surface area is 92.0 Å². The predicted molar refractivity (Wildman–Crippen MR) is 59.8 cm³/mol. The number of aryl methyl sites for hydroxylation is 1. The lowest BCUT2D eigenvalue weighted by Crippen LogP contribution is -2.12. The molecule has 15 heavy (non-hydrogen) atoms. The first-order valence-corrected chi connectivity index (χ1v) is 4.71. The van der Waals surface area contributed by atoms with Gasteiger partial charge < -0.3 is 5.73 Å². The molecule has 0 aliphatic carbocycles. The van der Waals surface area contributed by atoms with Crippen LogP contribution in [0.4, 0.5) is 0 Å². The van der Waals surface area contributed by atoms with Gasteiger partial charge in [-0.05, 0) is 12.5 Å². The van der Waals surface area contributed by atoms with E-state index in [9.17, 15) is 0 Å². The van der Waals surface area contributed by atoms with Crippen molar-refractivity contribution in [2.75, 3.05) is 0 Å². The van der Waals surface area contributed by atoms with Crippen molar-refractivity contribution in [3.05, 3.63) is 36.0 Å². The van der Waals surface area contributed by atoms with Gasteiger partial charge in [-0.3, -0.25) is 0 Å². The van der Waals surface area contributed by atoms with E-state index < -0.39 is 0 Å². The molecule has 2 aromatic heterocycles. The Morgan fingerprint density at radius 3 is 2.60 bits per heavy atom. The molecule has 0 unspecified atom stereocenters. The summed E-state index contributed by atoms with van der Waals surface area (Å²) in [6, 6.07) is 0. The highest BCUT2D eigenvalue weighted by atomic mass is 32.1. The molecule has 0 amide bonds. The SMILES string of the molecule is Cc1cnn(-c2cnc(C(N)=S)cn2)c1. The average Bonchev–Trinajstić information content (AvgIpc) is 2.65. The van der Waals surface area contributed by atoms with Crippen molar-refractivity contribution < 1.29 is 0 Å². The van der Waals surface area contributed by atoms with E-state index >= 15 is 0 Å². The van der Waals surface area contributed by atoms with Gasteiger partial charge in [0.1, 0.15) is 10.7 Å². The number of thiocarbonyl (C=S) groups is 1. The van der Waals surface area contributed by atoms with E-state index in [1.807, 2.05) is 13.1 Å². The molecular formula is C9H9N5S. The lowest BCUT2D eigenvalue weighted by atomic mass is 10.4. The molecule has 2 aromatic rings. The van der Waals surface area contributed by atoms with Crippen molar-refractivity contribution in [2.45, 2.75) is 6.92 Å². The van der Waals surface area contributed by atoms with E-state index in [1.165, 1.54) is 6.20 Å². The van der Waals surface area contributed by atoms with Crippen molar-refractivity contribution >= 4 is 17.2 Å². The number of nitrogens with zero attached hydrogens (tertiary/aromatic N) is 4. The van der Waals surface area contributed by atoms with E-state index in [0.29, 0.717) is 11.5 Å². The number of aromatic nitrogens is 4. The largest absolute Gasteiger partial charge is 0.388 e. The van der Waals surface area contributed by atoms with E-state index in [0.717, 1.165) is 5.56 Å². The third-order valence-electron chi connectivity index (χ3n) is 1.84. The second-order valence-corrected chi connectivity index (χ2v) is 3.53. The number of hydrogen-bond acceptors (Lipinski definition) is 4. The van der Waals surface area contributed by atoms with Crippen LogP contribution in [-0.4, -0.2) is 24.7 Å². The molecule has 0 radical (unpaired) electrons. The lowest BCUT2D eigenvalue weighted by molar-refractivity contribution is 0.836. The predicted octanol–water partition coefficient (Wildman–Crippen LogP) is 0.605. The van der Waals surface area contributed by atoms with Crippen molar-refractivity contribution in [1.29, 1.82) is 0 Å².